The highest BCUT2D eigenvalue weighted by atomic mass is 14.9. The predicted molar refractivity (Wildman–Crippen MR) is 81.6 cm³/mol. The summed E-state index contributed by atoms with van der Waals surface area (Å²) in [6.45, 7) is 2.06. The summed E-state index contributed by atoms with van der Waals surface area (Å²) in [5, 5.41) is 4.52. The number of aromatic nitrogens is 2. The first kappa shape index (κ1) is 12.8. The van der Waals surface area contributed by atoms with E-state index >= 15 is 0 Å². The molecule has 1 unspecified atom stereocenters. The summed E-state index contributed by atoms with van der Waals surface area (Å²) in [5.41, 5.74) is 4.56. The lowest BCUT2D eigenvalue weighted by molar-refractivity contribution is 0.688. The van der Waals surface area contributed by atoms with Crippen LogP contribution in [0.2, 0.25) is 0 Å². The SMILES string of the molecule is CNC(c1cncc(C)c1)c1ccc2cccnc2c1. The van der Waals surface area contributed by atoms with Gasteiger partial charge in [-0.2, -0.15) is 0 Å². The van der Waals surface area contributed by atoms with E-state index in [1.165, 1.54) is 16.7 Å². The molecule has 20 heavy (non-hydrogen) atoms. The third-order valence-corrected chi connectivity index (χ3v) is 3.48. The smallest absolute Gasteiger partial charge is 0.0705 e. The van der Waals surface area contributed by atoms with Gasteiger partial charge in [-0.3, -0.25) is 9.97 Å². The van der Waals surface area contributed by atoms with Crippen LogP contribution in [0.5, 0.6) is 0 Å². The Morgan fingerprint density at radius 1 is 1.05 bits per heavy atom. The summed E-state index contributed by atoms with van der Waals surface area (Å²) < 4.78 is 0. The maximum Gasteiger partial charge on any atom is 0.0705 e. The molecule has 1 atom stereocenters. The molecule has 2 aromatic heterocycles. The molecule has 1 aromatic carbocycles. The molecule has 0 fully saturated rings. The average Bonchev–Trinajstić information content (AvgIpc) is 2.48. The Kier molecular flexibility index (Phi) is 3.44. The monoisotopic (exact) mass is 263 g/mol. The molecule has 0 spiro atoms. The van der Waals surface area contributed by atoms with Crippen LogP contribution in [-0.4, -0.2) is 17.0 Å². The van der Waals surface area contributed by atoms with Crippen molar-refractivity contribution in [3.63, 3.8) is 0 Å². The van der Waals surface area contributed by atoms with Crippen molar-refractivity contribution in [3.8, 4) is 0 Å². The Morgan fingerprint density at radius 2 is 1.95 bits per heavy atom. The summed E-state index contributed by atoms with van der Waals surface area (Å²) in [4.78, 5) is 8.71. The summed E-state index contributed by atoms with van der Waals surface area (Å²) in [5.74, 6) is 0. The largest absolute Gasteiger partial charge is 0.309 e. The molecule has 0 aliphatic rings. The molecule has 2 heterocycles. The maximum absolute atomic E-state index is 4.43. The summed E-state index contributed by atoms with van der Waals surface area (Å²) in [6, 6.07) is 12.7. The fourth-order valence-corrected chi connectivity index (χ4v) is 2.53. The number of rotatable bonds is 3. The lowest BCUT2D eigenvalue weighted by Crippen LogP contribution is -2.18. The topological polar surface area (TPSA) is 37.8 Å². The van der Waals surface area contributed by atoms with Crippen LogP contribution in [0, 0.1) is 6.92 Å². The predicted octanol–water partition coefficient (Wildman–Crippen LogP) is 3.25. The van der Waals surface area contributed by atoms with Crippen molar-refractivity contribution >= 4 is 10.9 Å². The molecule has 3 rings (SSSR count). The average molecular weight is 263 g/mol. The van der Waals surface area contributed by atoms with E-state index in [1.807, 2.05) is 31.7 Å². The van der Waals surface area contributed by atoms with Gasteiger partial charge in [0.15, 0.2) is 0 Å². The minimum Gasteiger partial charge on any atom is -0.309 e. The number of nitrogens with zero attached hydrogens (tertiary/aromatic N) is 2. The molecule has 0 amide bonds. The second kappa shape index (κ2) is 5.39. The van der Waals surface area contributed by atoms with E-state index in [9.17, 15) is 0 Å². The molecule has 100 valence electrons. The highest BCUT2D eigenvalue weighted by Gasteiger charge is 2.13. The first-order valence-corrected chi connectivity index (χ1v) is 6.71. The van der Waals surface area contributed by atoms with Crippen LogP contribution in [0.1, 0.15) is 22.7 Å². The zero-order valence-corrected chi connectivity index (χ0v) is 11.7. The van der Waals surface area contributed by atoms with Crippen LogP contribution in [0.25, 0.3) is 10.9 Å². The molecule has 0 bridgehead atoms. The van der Waals surface area contributed by atoms with Gasteiger partial charge in [-0.1, -0.05) is 24.3 Å². The molecule has 0 saturated carbocycles. The fraction of sp³-hybridized carbons (Fsp3) is 0.176. The van der Waals surface area contributed by atoms with E-state index in [-0.39, 0.29) is 6.04 Å². The van der Waals surface area contributed by atoms with Gasteiger partial charge in [-0.15, -0.1) is 0 Å². The number of hydrogen-bond donors (Lipinski definition) is 1. The number of pyridine rings is 2. The van der Waals surface area contributed by atoms with Gasteiger partial charge in [-0.25, -0.2) is 0 Å². The van der Waals surface area contributed by atoms with Gasteiger partial charge in [0.2, 0.25) is 0 Å². The number of nitrogens with one attached hydrogen (secondary N) is 1. The van der Waals surface area contributed by atoms with E-state index in [2.05, 4.69) is 52.5 Å². The van der Waals surface area contributed by atoms with Crippen LogP contribution in [0.15, 0.2) is 55.0 Å². The van der Waals surface area contributed by atoms with Gasteiger partial charge in [0.1, 0.15) is 0 Å². The zero-order valence-electron chi connectivity index (χ0n) is 11.7. The maximum atomic E-state index is 4.43. The van der Waals surface area contributed by atoms with E-state index in [1.54, 1.807) is 0 Å². The Balaban J connectivity index is 2.07. The van der Waals surface area contributed by atoms with Gasteiger partial charge in [0, 0.05) is 24.0 Å². The van der Waals surface area contributed by atoms with E-state index in [0.29, 0.717) is 0 Å². The Bertz CT molecular complexity index is 737. The Morgan fingerprint density at radius 3 is 2.75 bits per heavy atom. The fourth-order valence-electron chi connectivity index (χ4n) is 2.53. The van der Waals surface area contributed by atoms with Gasteiger partial charge < -0.3 is 5.32 Å². The first-order chi connectivity index (χ1) is 9.78. The van der Waals surface area contributed by atoms with E-state index < -0.39 is 0 Å². The third-order valence-electron chi connectivity index (χ3n) is 3.48. The van der Waals surface area contributed by atoms with Crippen LogP contribution >= 0.6 is 0 Å². The van der Waals surface area contributed by atoms with Crippen molar-refractivity contribution in [1.29, 1.82) is 0 Å². The van der Waals surface area contributed by atoms with Crippen molar-refractivity contribution < 1.29 is 0 Å². The van der Waals surface area contributed by atoms with Crippen molar-refractivity contribution in [2.24, 2.45) is 0 Å². The lowest BCUT2D eigenvalue weighted by atomic mass is 9.98. The van der Waals surface area contributed by atoms with Gasteiger partial charge in [0.25, 0.3) is 0 Å². The van der Waals surface area contributed by atoms with Crippen LogP contribution in [0.4, 0.5) is 0 Å². The lowest BCUT2D eigenvalue weighted by Gasteiger charge is -2.17. The minimum absolute atomic E-state index is 0.133. The summed E-state index contributed by atoms with van der Waals surface area (Å²) in [6.07, 6.45) is 5.61. The first-order valence-electron chi connectivity index (χ1n) is 6.71. The van der Waals surface area contributed by atoms with Crippen molar-refractivity contribution in [2.45, 2.75) is 13.0 Å². The van der Waals surface area contributed by atoms with Gasteiger partial charge in [-0.05, 0) is 42.8 Å². The van der Waals surface area contributed by atoms with Crippen LogP contribution < -0.4 is 5.32 Å². The molecule has 0 radical (unpaired) electrons. The van der Waals surface area contributed by atoms with Crippen molar-refractivity contribution in [3.05, 3.63) is 71.7 Å². The molecule has 0 saturated heterocycles. The number of aryl methyl sites for hydroxylation is 1. The second-order valence-electron chi connectivity index (χ2n) is 4.97. The van der Waals surface area contributed by atoms with E-state index in [4.69, 9.17) is 0 Å². The number of hydrogen-bond acceptors (Lipinski definition) is 3. The second-order valence-corrected chi connectivity index (χ2v) is 4.97. The molecular formula is C17H17N3. The van der Waals surface area contributed by atoms with Gasteiger partial charge in [0.05, 0.1) is 11.6 Å². The molecule has 3 nitrogen and oxygen atoms in total. The van der Waals surface area contributed by atoms with Crippen LogP contribution in [0.3, 0.4) is 0 Å². The Labute approximate surface area is 118 Å². The highest BCUT2D eigenvalue weighted by Crippen LogP contribution is 2.24. The Hall–Kier alpha value is -2.26. The number of benzene rings is 1. The molecule has 3 aromatic rings. The molecule has 1 N–H and O–H groups in total. The zero-order chi connectivity index (χ0) is 13.9. The molecule has 0 aliphatic carbocycles. The summed E-state index contributed by atoms with van der Waals surface area (Å²) >= 11 is 0. The van der Waals surface area contributed by atoms with Crippen molar-refractivity contribution in [2.75, 3.05) is 7.05 Å². The summed E-state index contributed by atoms with van der Waals surface area (Å²) in [7, 11) is 1.97. The highest BCUT2D eigenvalue weighted by molar-refractivity contribution is 5.79. The molecule has 3 heteroatoms. The quantitative estimate of drug-likeness (QED) is 0.788. The van der Waals surface area contributed by atoms with Crippen LogP contribution in [-0.2, 0) is 0 Å². The molecular weight excluding hydrogens is 246 g/mol. The number of fused-ring (bicyclic) bond motifs is 1. The normalized spacial score (nSPS) is 12.5. The molecule has 0 aliphatic heterocycles. The van der Waals surface area contributed by atoms with Gasteiger partial charge >= 0.3 is 0 Å². The third kappa shape index (κ3) is 2.40. The standard InChI is InChI=1S/C17H17N3/c1-12-8-15(11-19-10-12)17(18-2)14-6-5-13-4-3-7-20-16(13)9-14/h3-11,17-18H,1-2H3. The van der Waals surface area contributed by atoms with E-state index in [0.717, 1.165) is 10.9 Å². The van der Waals surface area contributed by atoms with Crippen molar-refractivity contribution in [1.82, 2.24) is 15.3 Å². The minimum atomic E-state index is 0.133.